The Kier molecular flexibility index (Phi) is 26.0. The van der Waals surface area contributed by atoms with Crippen LogP contribution in [0.1, 0.15) is 143 Å². The van der Waals surface area contributed by atoms with Crippen LogP contribution in [0.3, 0.4) is 0 Å². The predicted molar refractivity (Wildman–Crippen MR) is 124 cm³/mol. The summed E-state index contributed by atoms with van der Waals surface area (Å²) in [5.74, 6) is -3.67. The van der Waals surface area contributed by atoms with E-state index in [2.05, 4.69) is 20.8 Å². The van der Waals surface area contributed by atoms with Crippen molar-refractivity contribution in [3.8, 4) is 0 Å². The van der Waals surface area contributed by atoms with Gasteiger partial charge in [-0.25, -0.2) is 0 Å². The molecule has 0 aliphatic rings. The second-order valence-corrected chi connectivity index (χ2v) is 8.32. The van der Waals surface area contributed by atoms with E-state index in [1.54, 1.807) is 0 Å². The lowest BCUT2D eigenvalue weighted by Gasteiger charge is -2.06. The molecule has 0 bridgehead atoms. The van der Waals surface area contributed by atoms with Gasteiger partial charge in [0.15, 0.2) is 5.92 Å². The maximum absolute atomic E-state index is 10.6. The summed E-state index contributed by atoms with van der Waals surface area (Å²) in [7, 11) is 0. The highest BCUT2D eigenvalue weighted by atomic mass is 16.4. The van der Waals surface area contributed by atoms with E-state index in [0.29, 0.717) is 6.42 Å². The molecule has 0 saturated carbocycles. The SMILES string of the molecule is CCCCCCCCCCC.CCCCCCCCCCCC(C(=O)O)C(=O)O. The Bertz CT molecular complexity index is 333. The highest BCUT2D eigenvalue weighted by molar-refractivity contribution is 5.92. The normalized spacial score (nSPS) is 10.6. The van der Waals surface area contributed by atoms with Crippen molar-refractivity contribution < 1.29 is 19.8 Å². The van der Waals surface area contributed by atoms with Crippen molar-refractivity contribution in [2.24, 2.45) is 5.92 Å². The fraction of sp³-hybridized carbons (Fsp3) is 0.920. The molecule has 2 N–H and O–H groups in total. The number of rotatable bonds is 20. The Morgan fingerprint density at radius 2 is 0.724 bits per heavy atom. The van der Waals surface area contributed by atoms with E-state index in [4.69, 9.17) is 10.2 Å². The van der Waals surface area contributed by atoms with Crippen LogP contribution in [0.2, 0.25) is 0 Å². The summed E-state index contributed by atoms with van der Waals surface area (Å²) in [5, 5.41) is 17.4. The minimum Gasteiger partial charge on any atom is -0.481 e. The number of unbranched alkanes of at least 4 members (excludes halogenated alkanes) is 16. The molecular weight excluding hydrogens is 364 g/mol. The van der Waals surface area contributed by atoms with Crippen molar-refractivity contribution in [1.82, 2.24) is 0 Å². The second-order valence-electron chi connectivity index (χ2n) is 8.32. The van der Waals surface area contributed by atoms with Crippen LogP contribution in [-0.4, -0.2) is 22.2 Å². The molecule has 0 aliphatic heterocycles. The molecule has 4 heteroatoms. The van der Waals surface area contributed by atoms with E-state index in [-0.39, 0.29) is 6.42 Å². The first-order valence-corrected chi connectivity index (χ1v) is 12.5. The molecule has 0 aromatic heterocycles. The van der Waals surface area contributed by atoms with Crippen molar-refractivity contribution in [3.05, 3.63) is 0 Å². The molecule has 0 rings (SSSR count). The third-order valence-electron chi connectivity index (χ3n) is 5.40. The Hall–Kier alpha value is -1.06. The highest BCUT2D eigenvalue weighted by Crippen LogP contribution is 2.14. The van der Waals surface area contributed by atoms with Gasteiger partial charge >= 0.3 is 11.9 Å². The molecule has 0 unspecified atom stereocenters. The van der Waals surface area contributed by atoms with Gasteiger partial charge in [-0.1, -0.05) is 136 Å². The molecule has 0 amide bonds. The van der Waals surface area contributed by atoms with E-state index < -0.39 is 17.9 Å². The summed E-state index contributed by atoms with van der Waals surface area (Å²) >= 11 is 0. The van der Waals surface area contributed by atoms with Crippen LogP contribution in [0.4, 0.5) is 0 Å². The number of aliphatic carboxylic acids is 2. The standard InChI is InChI=1S/C14H26O4.C11H24/c1-2-3-4-5-6-7-8-9-10-11-12(13(15)16)14(17)18;1-3-5-7-9-11-10-8-6-4-2/h12H,2-11H2,1H3,(H,15,16)(H,17,18);3-11H2,1-2H3. The van der Waals surface area contributed by atoms with Crippen LogP contribution in [0.15, 0.2) is 0 Å². The van der Waals surface area contributed by atoms with Crippen LogP contribution in [-0.2, 0) is 9.59 Å². The van der Waals surface area contributed by atoms with E-state index in [1.165, 1.54) is 96.3 Å². The molecule has 0 aromatic rings. The molecule has 0 aliphatic carbocycles. The lowest BCUT2D eigenvalue weighted by Crippen LogP contribution is -2.23. The Labute approximate surface area is 180 Å². The summed E-state index contributed by atoms with van der Waals surface area (Å²) in [4.78, 5) is 21.3. The third-order valence-corrected chi connectivity index (χ3v) is 5.40. The molecule has 174 valence electrons. The van der Waals surface area contributed by atoms with Crippen molar-refractivity contribution in [1.29, 1.82) is 0 Å². The molecule has 0 atom stereocenters. The van der Waals surface area contributed by atoms with E-state index in [1.807, 2.05) is 0 Å². The molecule has 4 nitrogen and oxygen atoms in total. The lowest BCUT2D eigenvalue weighted by atomic mass is 10.00. The Morgan fingerprint density at radius 3 is 0.966 bits per heavy atom. The number of hydrogen-bond donors (Lipinski definition) is 2. The van der Waals surface area contributed by atoms with Crippen LogP contribution in [0, 0.1) is 5.92 Å². The third kappa shape index (κ3) is 24.9. The molecule has 0 aromatic carbocycles. The smallest absolute Gasteiger partial charge is 0.317 e. The van der Waals surface area contributed by atoms with Gasteiger partial charge in [-0.2, -0.15) is 0 Å². The van der Waals surface area contributed by atoms with Crippen molar-refractivity contribution >= 4 is 11.9 Å². The molecule has 0 fully saturated rings. The summed E-state index contributed by atoms with van der Waals surface area (Å²) in [6, 6.07) is 0. The van der Waals surface area contributed by atoms with Gasteiger partial charge in [0.1, 0.15) is 0 Å². The fourth-order valence-electron chi connectivity index (χ4n) is 3.40. The van der Waals surface area contributed by atoms with Crippen molar-refractivity contribution in [3.63, 3.8) is 0 Å². The average molecular weight is 415 g/mol. The van der Waals surface area contributed by atoms with Gasteiger partial charge in [-0.15, -0.1) is 0 Å². The summed E-state index contributed by atoms with van der Waals surface area (Å²) in [5.41, 5.74) is 0. The second kappa shape index (κ2) is 25.0. The van der Waals surface area contributed by atoms with Gasteiger partial charge < -0.3 is 10.2 Å². The van der Waals surface area contributed by atoms with Crippen LogP contribution in [0.5, 0.6) is 0 Å². The minimum absolute atomic E-state index is 0.250. The Morgan fingerprint density at radius 1 is 0.483 bits per heavy atom. The van der Waals surface area contributed by atoms with Gasteiger partial charge in [0, 0.05) is 0 Å². The molecule has 0 heterocycles. The first kappa shape index (κ1) is 30.1. The number of carbonyl (C=O) groups is 2. The molecule has 0 saturated heterocycles. The summed E-state index contributed by atoms with van der Waals surface area (Å²) in [6.07, 6.45) is 23.5. The van der Waals surface area contributed by atoms with Gasteiger partial charge in [0.2, 0.25) is 0 Å². The first-order chi connectivity index (χ1) is 14.0. The van der Waals surface area contributed by atoms with Gasteiger partial charge in [-0.3, -0.25) is 9.59 Å². The van der Waals surface area contributed by atoms with E-state index in [9.17, 15) is 9.59 Å². The quantitative estimate of drug-likeness (QED) is 0.155. The van der Waals surface area contributed by atoms with Gasteiger partial charge in [0.25, 0.3) is 0 Å². The molecular formula is C25H50O4. The molecule has 29 heavy (non-hydrogen) atoms. The van der Waals surface area contributed by atoms with E-state index >= 15 is 0 Å². The topological polar surface area (TPSA) is 74.6 Å². The van der Waals surface area contributed by atoms with Crippen LogP contribution >= 0.6 is 0 Å². The molecule has 0 radical (unpaired) electrons. The summed E-state index contributed by atoms with van der Waals surface area (Å²) in [6.45, 7) is 6.75. The van der Waals surface area contributed by atoms with E-state index in [0.717, 1.165) is 12.8 Å². The van der Waals surface area contributed by atoms with Gasteiger partial charge in [0.05, 0.1) is 0 Å². The largest absolute Gasteiger partial charge is 0.481 e. The Balaban J connectivity index is 0. The van der Waals surface area contributed by atoms with Crippen LogP contribution < -0.4 is 0 Å². The maximum Gasteiger partial charge on any atom is 0.317 e. The zero-order valence-electron chi connectivity index (χ0n) is 19.7. The first-order valence-electron chi connectivity index (χ1n) is 12.5. The van der Waals surface area contributed by atoms with Gasteiger partial charge in [-0.05, 0) is 6.42 Å². The number of carboxylic acids is 2. The zero-order valence-corrected chi connectivity index (χ0v) is 19.7. The minimum atomic E-state index is -1.23. The van der Waals surface area contributed by atoms with Crippen molar-refractivity contribution in [2.45, 2.75) is 143 Å². The molecule has 0 spiro atoms. The maximum atomic E-state index is 10.6. The average Bonchev–Trinajstić information content (AvgIpc) is 2.68. The predicted octanol–water partition coefficient (Wildman–Crippen LogP) is 8.23. The fourth-order valence-corrected chi connectivity index (χ4v) is 3.40. The zero-order chi connectivity index (χ0) is 22.2. The van der Waals surface area contributed by atoms with Crippen LogP contribution in [0.25, 0.3) is 0 Å². The van der Waals surface area contributed by atoms with Crippen molar-refractivity contribution in [2.75, 3.05) is 0 Å². The number of carboxylic acid groups (broad SMARTS) is 2. The lowest BCUT2D eigenvalue weighted by molar-refractivity contribution is -0.154. The highest BCUT2D eigenvalue weighted by Gasteiger charge is 2.24. The number of hydrogen-bond acceptors (Lipinski definition) is 2. The summed E-state index contributed by atoms with van der Waals surface area (Å²) < 4.78 is 0. The monoisotopic (exact) mass is 414 g/mol.